The first-order valence-electron chi connectivity index (χ1n) is 9.14. The van der Waals surface area contributed by atoms with E-state index in [0.29, 0.717) is 16.5 Å². The molecule has 1 aromatic heterocycles. The fourth-order valence-electron chi connectivity index (χ4n) is 3.11. The lowest BCUT2D eigenvalue weighted by molar-refractivity contribution is 0.102. The number of para-hydroxylation sites is 1. The molecule has 0 saturated carbocycles. The monoisotopic (exact) mass is 453 g/mol. The van der Waals surface area contributed by atoms with Gasteiger partial charge in [0.1, 0.15) is 0 Å². The van der Waals surface area contributed by atoms with E-state index >= 15 is 0 Å². The van der Waals surface area contributed by atoms with Gasteiger partial charge < -0.3 is 5.32 Å². The topological polar surface area (TPSA) is 98.1 Å². The molecule has 4 rings (SSSR count). The lowest BCUT2D eigenvalue weighted by atomic mass is 10.1. The molecular formula is C22H16ClN3O4S. The van der Waals surface area contributed by atoms with E-state index in [9.17, 15) is 18.0 Å². The molecule has 0 aliphatic heterocycles. The van der Waals surface area contributed by atoms with Crippen molar-refractivity contribution < 1.29 is 13.2 Å². The Kier molecular flexibility index (Phi) is 5.34. The Morgan fingerprint density at radius 3 is 2.29 bits per heavy atom. The number of carbonyl (C=O) groups excluding carboxylic acids is 1. The van der Waals surface area contributed by atoms with Crippen molar-refractivity contribution in [2.24, 2.45) is 0 Å². The highest BCUT2D eigenvalue weighted by molar-refractivity contribution is 7.90. The van der Waals surface area contributed by atoms with Crippen LogP contribution < -0.4 is 10.9 Å². The van der Waals surface area contributed by atoms with Gasteiger partial charge in [-0.05, 0) is 36.4 Å². The van der Waals surface area contributed by atoms with Crippen molar-refractivity contribution in [3.63, 3.8) is 0 Å². The average Bonchev–Trinajstić information content (AvgIpc) is 2.75. The Morgan fingerprint density at radius 2 is 1.61 bits per heavy atom. The predicted molar refractivity (Wildman–Crippen MR) is 120 cm³/mol. The molecule has 0 atom stereocenters. The van der Waals surface area contributed by atoms with Gasteiger partial charge >= 0.3 is 0 Å². The van der Waals surface area contributed by atoms with Crippen LogP contribution in [0.3, 0.4) is 0 Å². The van der Waals surface area contributed by atoms with Crippen molar-refractivity contribution >= 4 is 43.8 Å². The van der Waals surface area contributed by atoms with Crippen LogP contribution in [0, 0.1) is 0 Å². The van der Waals surface area contributed by atoms with Gasteiger partial charge in [-0.15, -0.1) is 0 Å². The zero-order chi connectivity index (χ0) is 22.2. The normalized spacial score (nSPS) is 11.4. The van der Waals surface area contributed by atoms with Crippen LogP contribution in [0.25, 0.3) is 16.5 Å². The summed E-state index contributed by atoms with van der Waals surface area (Å²) in [6.45, 7) is 0. The average molecular weight is 454 g/mol. The minimum Gasteiger partial charge on any atom is -0.319 e. The van der Waals surface area contributed by atoms with Crippen LogP contribution in [0.5, 0.6) is 0 Å². The largest absolute Gasteiger partial charge is 0.319 e. The van der Waals surface area contributed by atoms with Gasteiger partial charge in [0.05, 0.1) is 26.7 Å². The molecule has 0 radical (unpaired) electrons. The second-order valence-electron chi connectivity index (χ2n) is 6.81. The van der Waals surface area contributed by atoms with Gasteiger partial charge in [-0.2, -0.15) is 9.78 Å². The minimum atomic E-state index is -3.50. The maximum Gasteiger partial charge on any atom is 0.279 e. The molecular weight excluding hydrogens is 438 g/mol. The third-order valence-electron chi connectivity index (χ3n) is 4.63. The van der Waals surface area contributed by atoms with Gasteiger partial charge in [0.25, 0.3) is 11.5 Å². The summed E-state index contributed by atoms with van der Waals surface area (Å²) >= 11 is 6.16. The van der Waals surface area contributed by atoms with Gasteiger partial charge in [-0.3, -0.25) is 9.59 Å². The molecule has 156 valence electrons. The van der Waals surface area contributed by atoms with Crippen molar-refractivity contribution in [2.45, 2.75) is 4.90 Å². The van der Waals surface area contributed by atoms with E-state index in [1.165, 1.54) is 18.2 Å². The van der Waals surface area contributed by atoms with E-state index in [1.807, 2.05) is 0 Å². The van der Waals surface area contributed by atoms with Gasteiger partial charge in [0.15, 0.2) is 15.5 Å². The number of benzene rings is 3. The number of nitrogens with zero attached hydrogens (tertiary/aromatic N) is 2. The quantitative estimate of drug-likeness (QED) is 0.508. The molecule has 3 aromatic carbocycles. The summed E-state index contributed by atoms with van der Waals surface area (Å²) in [5.41, 5.74) is 0.262. The standard InChI is InChI=1S/C22H16ClN3O4S/c1-31(29,30)15-11-12-18(23)19(13-15)24-21(27)20-16-9-5-6-10-17(16)22(28)26(25-20)14-7-3-2-4-8-14/h2-13H,1H3,(H,24,27). The third-order valence-corrected chi connectivity index (χ3v) is 6.07. The smallest absolute Gasteiger partial charge is 0.279 e. The minimum absolute atomic E-state index is 0.000113. The van der Waals surface area contributed by atoms with Crippen molar-refractivity contribution in [3.05, 3.63) is 93.9 Å². The number of hydrogen-bond acceptors (Lipinski definition) is 5. The Morgan fingerprint density at radius 1 is 0.968 bits per heavy atom. The zero-order valence-corrected chi connectivity index (χ0v) is 17.8. The second kappa shape index (κ2) is 7.98. The van der Waals surface area contributed by atoms with E-state index in [2.05, 4.69) is 10.4 Å². The van der Waals surface area contributed by atoms with Crippen LogP contribution in [-0.4, -0.2) is 30.4 Å². The van der Waals surface area contributed by atoms with Crippen LogP contribution in [-0.2, 0) is 9.84 Å². The number of nitrogens with one attached hydrogen (secondary N) is 1. The highest BCUT2D eigenvalue weighted by Crippen LogP contribution is 2.26. The molecule has 0 aliphatic rings. The van der Waals surface area contributed by atoms with Crippen LogP contribution in [0.15, 0.2) is 82.5 Å². The molecule has 0 fully saturated rings. The third kappa shape index (κ3) is 4.08. The van der Waals surface area contributed by atoms with Crippen LogP contribution >= 0.6 is 11.6 Å². The van der Waals surface area contributed by atoms with Gasteiger partial charge in [-0.1, -0.05) is 48.0 Å². The van der Waals surface area contributed by atoms with Gasteiger partial charge in [0, 0.05) is 11.6 Å². The number of fused-ring (bicyclic) bond motifs is 1. The summed E-state index contributed by atoms with van der Waals surface area (Å²) in [5.74, 6) is -0.631. The molecule has 7 nitrogen and oxygen atoms in total. The predicted octanol–water partition coefficient (Wildman–Crippen LogP) is 3.69. The Bertz CT molecular complexity index is 1480. The SMILES string of the molecule is CS(=O)(=O)c1ccc(Cl)c(NC(=O)c2nn(-c3ccccc3)c(=O)c3ccccc23)c1. The maximum atomic E-state index is 13.1. The Labute approximate surface area is 182 Å². The Hall–Kier alpha value is -3.49. The number of carbonyl (C=O) groups is 1. The van der Waals surface area contributed by atoms with Crippen molar-refractivity contribution in [1.29, 1.82) is 0 Å². The number of hydrogen-bond donors (Lipinski definition) is 1. The highest BCUT2D eigenvalue weighted by Gasteiger charge is 2.19. The molecule has 1 amide bonds. The van der Waals surface area contributed by atoms with E-state index < -0.39 is 15.7 Å². The molecule has 0 aliphatic carbocycles. The van der Waals surface area contributed by atoms with Crippen molar-refractivity contribution in [1.82, 2.24) is 9.78 Å². The van der Waals surface area contributed by atoms with E-state index in [0.717, 1.165) is 10.9 Å². The molecule has 1 heterocycles. The molecule has 1 N–H and O–H groups in total. The number of rotatable bonds is 4. The molecule has 31 heavy (non-hydrogen) atoms. The molecule has 9 heteroatoms. The molecule has 0 unspecified atom stereocenters. The summed E-state index contributed by atoms with van der Waals surface area (Å²) in [4.78, 5) is 26.1. The lowest BCUT2D eigenvalue weighted by Crippen LogP contribution is -2.26. The fraction of sp³-hybridized carbons (Fsp3) is 0.0455. The summed E-state index contributed by atoms with van der Waals surface area (Å²) < 4.78 is 24.9. The van der Waals surface area contributed by atoms with Crippen molar-refractivity contribution in [3.8, 4) is 5.69 Å². The summed E-state index contributed by atoms with van der Waals surface area (Å²) in [6, 6.07) is 19.4. The number of aromatic nitrogens is 2. The fourth-order valence-corrected chi connectivity index (χ4v) is 3.93. The zero-order valence-electron chi connectivity index (χ0n) is 16.2. The summed E-state index contributed by atoms with van der Waals surface area (Å²) in [6.07, 6.45) is 1.06. The van der Waals surface area contributed by atoms with Crippen molar-refractivity contribution in [2.75, 3.05) is 11.6 Å². The number of anilines is 1. The highest BCUT2D eigenvalue weighted by atomic mass is 35.5. The van der Waals surface area contributed by atoms with Crippen LogP contribution in [0.4, 0.5) is 5.69 Å². The second-order valence-corrected chi connectivity index (χ2v) is 9.24. The van der Waals surface area contributed by atoms with E-state index in [-0.39, 0.29) is 26.9 Å². The molecule has 0 spiro atoms. The summed E-state index contributed by atoms with van der Waals surface area (Å²) in [7, 11) is -3.50. The van der Waals surface area contributed by atoms with Gasteiger partial charge in [0.2, 0.25) is 0 Å². The number of halogens is 1. The lowest BCUT2D eigenvalue weighted by Gasteiger charge is -2.12. The van der Waals surface area contributed by atoms with E-state index in [1.54, 1.807) is 54.6 Å². The maximum absolute atomic E-state index is 13.1. The number of amides is 1. The first-order chi connectivity index (χ1) is 14.8. The number of sulfone groups is 1. The van der Waals surface area contributed by atoms with E-state index in [4.69, 9.17) is 11.6 Å². The first kappa shape index (κ1) is 20.8. The van der Waals surface area contributed by atoms with Crippen LogP contribution in [0.1, 0.15) is 10.5 Å². The molecule has 0 bridgehead atoms. The molecule has 4 aromatic rings. The summed E-state index contributed by atoms with van der Waals surface area (Å²) in [5, 5.41) is 7.77. The molecule has 0 saturated heterocycles. The first-order valence-corrected chi connectivity index (χ1v) is 11.4. The van der Waals surface area contributed by atoms with Gasteiger partial charge in [-0.25, -0.2) is 8.42 Å². The van der Waals surface area contributed by atoms with Crippen LogP contribution in [0.2, 0.25) is 5.02 Å². The Balaban J connectivity index is 1.86.